The average molecular weight is 1700 g/mol. The molecule has 0 saturated heterocycles. The third-order valence-electron chi connectivity index (χ3n) is 15.5. The number of para-hydroxylation sites is 1. The summed E-state index contributed by atoms with van der Waals surface area (Å²) in [7, 11) is 0. The van der Waals surface area contributed by atoms with Crippen molar-refractivity contribution in [2.45, 2.75) is 107 Å². The zero-order chi connectivity index (χ0) is 91.9. The van der Waals surface area contributed by atoms with E-state index in [1.807, 2.05) is 12.1 Å². The number of unbranched alkanes of at least 4 members (excludes halogenated alkanes) is 4. The maximum absolute atomic E-state index is 11.7. The fourth-order valence-corrected chi connectivity index (χ4v) is 9.93. The van der Waals surface area contributed by atoms with Crippen LogP contribution in [0.5, 0.6) is 0 Å². The largest absolute Gasteiger partial charge is 0.464 e. The Morgan fingerprint density at radius 2 is 0.624 bits per heavy atom. The summed E-state index contributed by atoms with van der Waals surface area (Å²) >= 11 is 0. The molecule has 0 bridgehead atoms. The number of nitrogens with zero attached hydrogens (tertiary/aromatic N) is 18. The SMILES string of the molecule is O=C=NCCCCC(N=C=O)C(=O)OCCN=C=O.O=C=NCCCCC(N=C=O)C(=O)OCCN=C=O.O=C=NCCCCOC(=O)C(CCCCN=C=O)N=C=O.O=C=Nc1ccc(Cc2cc(N=C=O)ccc2N=C=O)cc1.O=C=Nc1ccc(Cc2ccc(N=C=O)cc2N=C=O)cc1.O=C=Nc1ccccc1C(N=C=O)(N=C=O)c1ccccc1. The van der Waals surface area contributed by atoms with Crippen LogP contribution in [0.4, 0.5) is 39.8 Å². The summed E-state index contributed by atoms with van der Waals surface area (Å²) in [6, 6.07) is 35.7. The van der Waals surface area contributed by atoms with Gasteiger partial charge in [0.2, 0.25) is 115 Å². The number of benzene rings is 6. The molecule has 0 amide bonds. The van der Waals surface area contributed by atoms with Crippen molar-refractivity contribution in [2.75, 3.05) is 59.1 Å². The van der Waals surface area contributed by atoms with Gasteiger partial charge in [-0.3, -0.25) is 0 Å². The van der Waals surface area contributed by atoms with Gasteiger partial charge in [-0.25, -0.2) is 131 Å². The highest BCUT2D eigenvalue weighted by molar-refractivity contribution is 5.78. The van der Waals surface area contributed by atoms with E-state index < -0.39 is 41.7 Å². The van der Waals surface area contributed by atoms with Crippen LogP contribution in [0.3, 0.4) is 0 Å². The molecule has 0 aliphatic rings. The first-order valence-corrected chi connectivity index (χ1v) is 36.3. The quantitative estimate of drug-likeness (QED) is 0.0113. The molecule has 3 unspecified atom stereocenters. The topological polar surface area (TPSA) is 609 Å². The fraction of sp³-hybridized carbons (Fsp3) is 0.313. The van der Waals surface area contributed by atoms with Crippen molar-refractivity contribution in [3.05, 3.63) is 173 Å². The second-order valence-electron chi connectivity index (χ2n) is 23.4. The van der Waals surface area contributed by atoms with Crippen molar-refractivity contribution in [3.8, 4) is 0 Å². The lowest BCUT2D eigenvalue weighted by Crippen LogP contribution is -2.23. The van der Waals surface area contributed by atoms with E-state index in [0.29, 0.717) is 155 Å². The van der Waals surface area contributed by atoms with Gasteiger partial charge >= 0.3 is 17.9 Å². The number of ether oxygens (including phenoxy) is 3. The molecule has 636 valence electrons. The molecular weight excluding hydrogens is 1630 g/mol. The van der Waals surface area contributed by atoms with Crippen LogP contribution in [0.2, 0.25) is 0 Å². The standard InChI is InChI=1S/3C16H9N3O3.C13H17N3O5.2C11H13N3O5/c20-9-17-14-4-1-12(2-5-14)7-13-3-6-15(18-10-21)8-16(13)19-11-22;20-9-17-14-3-1-12(2-4-14)7-13-8-15(18-10-21)5-6-16(13)19-11-22;20-10-17-15-9-5-4-8-14(15)16(18-11-21,19-12-22)13-6-2-1-3-7-13;17-9-14-6-2-1-5-12(16-11-19)13(20)21-8-4-3-7-15-10-18;2*15-7-12-4-2-1-3-10(14-9-17)11(18)19-6-5-13-8-16/h2*1-6,8H,7H2;1-9H;12H,1-8H2;2*10H,1-6H2. The molecule has 42 nitrogen and oxygen atoms in total. The molecule has 0 spiro atoms. The van der Waals surface area contributed by atoms with E-state index in [1.54, 1.807) is 115 Å². The first-order valence-electron chi connectivity index (χ1n) is 36.3. The molecule has 6 aromatic carbocycles. The van der Waals surface area contributed by atoms with Gasteiger partial charge in [-0.15, -0.1) is 0 Å². The molecule has 3 atom stereocenters. The molecule has 6 aromatic rings. The number of hydrogen-bond donors (Lipinski definition) is 0. The molecule has 0 saturated carbocycles. The van der Waals surface area contributed by atoms with E-state index >= 15 is 0 Å². The summed E-state index contributed by atoms with van der Waals surface area (Å²) in [6.07, 6.45) is 31.7. The number of aliphatic imine (C=N–C) groups is 18. The van der Waals surface area contributed by atoms with Crippen molar-refractivity contribution < 1.29 is 115 Å². The first-order chi connectivity index (χ1) is 61.1. The van der Waals surface area contributed by atoms with Gasteiger partial charge < -0.3 is 14.2 Å². The molecule has 0 aliphatic carbocycles. The van der Waals surface area contributed by atoms with Gasteiger partial charge in [0.1, 0.15) is 13.2 Å². The van der Waals surface area contributed by atoms with E-state index in [1.165, 1.54) is 122 Å². The number of carbonyl (C=O) groups is 3. The minimum Gasteiger partial charge on any atom is -0.464 e. The second-order valence-corrected chi connectivity index (χ2v) is 23.4. The number of esters is 3. The van der Waals surface area contributed by atoms with Crippen molar-refractivity contribution in [1.82, 2.24) is 0 Å². The highest BCUT2D eigenvalue weighted by Gasteiger charge is 2.37. The maximum atomic E-state index is 11.7. The lowest BCUT2D eigenvalue weighted by molar-refractivity contribution is -0.146. The minimum absolute atomic E-state index is 0.0147. The van der Waals surface area contributed by atoms with Gasteiger partial charge in [-0.1, -0.05) is 78.9 Å². The fourth-order valence-electron chi connectivity index (χ4n) is 9.93. The lowest BCUT2D eigenvalue weighted by Gasteiger charge is -2.24. The Bertz CT molecular complexity index is 5350. The molecule has 0 fully saturated rings. The van der Waals surface area contributed by atoms with E-state index in [4.69, 9.17) is 14.2 Å². The molecule has 6 rings (SSSR count). The highest BCUT2D eigenvalue weighted by atomic mass is 16.5. The van der Waals surface area contributed by atoms with Gasteiger partial charge in [0, 0.05) is 11.1 Å². The Morgan fingerprint density at radius 1 is 0.280 bits per heavy atom. The number of carbonyl (C=O) groups excluding carboxylic acids is 21. The van der Waals surface area contributed by atoms with Crippen molar-refractivity contribution in [2.24, 2.45) is 89.9 Å². The van der Waals surface area contributed by atoms with Crippen LogP contribution < -0.4 is 0 Å². The Labute approximate surface area is 708 Å². The van der Waals surface area contributed by atoms with Crippen LogP contribution in [0.1, 0.15) is 104 Å². The van der Waals surface area contributed by atoms with Crippen LogP contribution in [0.15, 0.2) is 229 Å². The smallest absolute Gasteiger partial charge is 0.331 e. The van der Waals surface area contributed by atoms with Crippen molar-refractivity contribution in [1.29, 1.82) is 0 Å². The zero-order valence-electron chi connectivity index (χ0n) is 65.9. The zero-order valence-corrected chi connectivity index (χ0v) is 65.9. The molecule has 0 radical (unpaired) electrons. The van der Waals surface area contributed by atoms with Gasteiger partial charge in [-0.2, -0.15) is 59.9 Å². The van der Waals surface area contributed by atoms with E-state index in [2.05, 4.69) is 89.9 Å². The Balaban J connectivity index is 0.000000751. The van der Waals surface area contributed by atoms with Gasteiger partial charge in [-0.05, 0) is 166 Å². The van der Waals surface area contributed by atoms with E-state index in [0.717, 1.165) is 16.7 Å². The third kappa shape index (κ3) is 46.3. The number of isocyanates is 18. The van der Waals surface area contributed by atoms with Gasteiger partial charge in [0.05, 0.1) is 85.7 Å². The lowest BCUT2D eigenvalue weighted by atomic mass is 9.91. The van der Waals surface area contributed by atoms with Crippen molar-refractivity contribution >= 4 is 167 Å². The van der Waals surface area contributed by atoms with Crippen LogP contribution in [-0.2, 0) is 133 Å². The summed E-state index contributed by atoms with van der Waals surface area (Å²) in [5.41, 5.74) is 5.22. The third-order valence-corrected chi connectivity index (χ3v) is 15.5. The summed E-state index contributed by atoms with van der Waals surface area (Å²) in [5.74, 6) is -1.94. The maximum Gasteiger partial charge on any atom is 0.331 e. The number of rotatable bonds is 47. The van der Waals surface area contributed by atoms with E-state index in [-0.39, 0.29) is 44.2 Å². The molecule has 125 heavy (non-hydrogen) atoms. The Kier molecular flexibility index (Phi) is 59.8. The van der Waals surface area contributed by atoms with Crippen molar-refractivity contribution in [3.63, 3.8) is 0 Å². The average Bonchev–Trinajstić information content (AvgIpc) is 0.768. The summed E-state index contributed by atoms with van der Waals surface area (Å²) in [5, 5.41) is 0. The summed E-state index contributed by atoms with van der Waals surface area (Å²) in [4.78, 5) is 281. The highest BCUT2D eigenvalue weighted by Crippen LogP contribution is 2.40. The Hall–Kier alpha value is -17.4. The summed E-state index contributed by atoms with van der Waals surface area (Å²) < 4.78 is 14.5. The predicted octanol–water partition coefficient (Wildman–Crippen LogP) is 9.89. The second kappa shape index (κ2) is 70.7. The van der Waals surface area contributed by atoms with Gasteiger partial charge in [0.15, 0.2) is 18.1 Å². The van der Waals surface area contributed by atoms with Crippen LogP contribution in [0, 0.1) is 0 Å². The first kappa shape index (κ1) is 106. The Morgan fingerprint density at radius 3 is 1.03 bits per heavy atom. The van der Waals surface area contributed by atoms with E-state index in [9.17, 15) is 101 Å². The molecular formula is C83H70N18O24. The van der Waals surface area contributed by atoms with Crippen LogP contribution >= 0.6 is 0 Å². The molecule has 0 N–H and O–H groups in total. The number of hydrogen-bond acceptors (Lipinski definition) is 42. The summed E-state index contributed by atoms with van der Waals surface area (Å²) in [6.45, 7) is 1.34. The predicted molar refractivity (Wildman–Crippen MR) is 433 cm³/mol. The molecule has 0 aliphatic heterocycles. The van der Waals surface area contributed by atoms with Crippen LogP contribution in [-0.4, -0.2) is 205 Å². The minimum atomic E-state index is -1.69. The molecule has 42 heteroatoms. The van der Waals surface area contributed by atoms with Crippen LogP contribution in [0.25, 0.3) is 0 Å². The monoisotopic (exact) mass is 1700 g/mol. The van der Waals surface area contributed by atoms with Gasteiger partial charge in [0.25, 0.3) is 0 Å². The normalized spacial score (nSPS) is 10.2. The molecule has 0 aromatic heterocycles. The molecule has 0 heterocycles.